The van der Waals surface area contributed by atoms with E-state index in [4.69, 9.17) is 0 Å². The van der Waals surface area contributed by atoms with Gasteiger partial charge in [0, 0.05) is 38.3 Å². The van der Waals surface area contributed by atoms with Crippen LogP contribution in [0.2, 0.25) is 0 Å². The highest BCUT2D eigenvalue weighted by Gasteiger charge is 2.22. The minimum absolute atomic E-state index is 0.00712. The maximum Gasteiger partial charge on any atom is 0.288 e. The molecular formula is C21H22FN3O3. The van der Waals surface area contributed by atoms with Gasteiger partial charge in [0.1, 0.15) is 5.82 Å². The van der Waals surface area contributed by atoms with Crippen LogP contribution in [0.5, 0.6) is 0 Å². The van der Waals surface area contributed by atoms with Crippen molar-refractivity contribution >= 4 is 23.3 Å². The van der Waals surface area contributed by atoms with Gasteiger partial charge < -0.3 is 15.1 Å². The van der Waals surface area contributed by atoms with E-state index in [2.05, 4.69) is 5.32 Å². The molecule has 1 saturated heterocycles. The van der Waals surface area contributed by atoms with Gasteiger partial charge in [-0.05, 0) is 23.8 Å². The molecule has 2 aromatic carbocycles. The molecule has 0 unspecified atom stereocenters. The van der Waals surface area contributed by atoms with Crippen molar-refractivity contribution < 1.29 is 18.8 Å². The number of Topliss-reactive ketones (excluding diaryl/α,β-unsaturated/α-hetero) is 1. The summed E-state index contributed by atoms with van der Waals surface area (Å²) in [4.78, 5) is 39.8. The number of hydrogen-bond acceptors (Lipinski definition) is 4. The number of carbonyl (C=O) groups excluding carboxylic acids is 3. The number of halogens is 1. The molecule has 0 saturated carbocycles. The van der Waals surface area contributed by atoms with Crippen LogP contribution < -0.4 is 10.2 Å². The lowest BCUT2D eigenvalue weighted by molar-refractivity contribution is -0.139. The summed E-state index contributed by atoms with van der Waals surface area (Å²) in [5, 5.41) is 2.41. The van der Waals surface area contributed by atoms with Crippen LogP contribution in [0, 0.1) is 5.82 Å². The van der Waals surface area contributed by atoms with Crippen LogP contribution in [-0.2, 0) is 20.8 Å². The van der Waals surface area contributed by atoms with Gasteiger partial charge in [-0.1, -0.05) is 36.4 Å². The van der Waals surface area contributed by atoms with Crippen molar-refractivity contribution in [3.63, 3.8) is 0 Å². The minimum atomic E-state index is -0.754. The molecule has 1 heterocycles. The van der Waals surface area contributed by atoms with Crippen LogP contribution in [-0.4, -0.2) is 55.2 Å². The number of piperazine rings is 1. The summed E-state index contributed by atoms with van der Waals surface area (Å²) in [6, 6.07) is 15.3. The zero-order valence-corrected chi connectivity index (χ0v) is 15.4. The fourth-order valence-electron chi connectivity index (χ4n) is 3.11. The van der Waals surface area contributed by atoms with Crippen LogP contribution in [0.4, 0.5) is 10.1 Å². The Bertz CT molecular complexity index is 849. The largest absolute Gasteiger partial charge is 0.368 e. The molecular weight excluding hydrogens is 361 g/mol. The second-order valence-corrected chi connectivity index (χ2v) is 6.62. The monoisotopic (exact) mass is 383 g/mol. The lowest BCUT2D eigenvalue weighted by atomic mass is 10.1. The zero-order chi connectivity index (χ0) is 19.9. The molecule has 2 amide bonds. The standard InChI is InChI=1S/C21H22FN3O3/c22-17-7-4-8-18(14-17)24-9-11-25(12-10-24)20(27)15-23-21(28)19(26)13-16-5-2-1-3-6-16/h1-8,14H,9-13,15H2,(H,23,28). The van der Waals surface area contributed by atoms with Crippen molar-refractivity contribution in [1.29, 1.82) is 0 Å². The van der Waals surface area contributed by atoms with Gasteiger partial charge in [0.25, 0.3) is 5.91 Å². The summed E-state index contributed by atoms with van der Waals surface area (Å²) in [6.45, 7) is 1.90. The quantitative estimate of drug-likeness (QED) is 0.766. The third-order valence-electron chi connectivity index (χ3n) is 4.67. The Kier molecular flexibility index (Phi) is 6.37. The van der Waals surface area contributed by atoms with Crippen molar-refractivity contribution in [3.8, 4) is 0 Å². The van der Waals surface area contributed by atoms with Gasteiger partial charge in [-0.25, -0.2) is 4.39 Å². The highest BCUT2D eigenvalue weighted by Crippen LogP contribution is 2.17. The number of hydrogen-bond donors (Lipinski definition) is 1. The highest BCUT2D eigenvalue weighted by molar-refractivity contribution is 6.36. The van der Waals surface area contributed by atoms with Gasteiger partial charge >= 0.3 is 0 Å². The highest BCUT2D eigenvalue weighted by atomic mass is 19.1. The van der Waals surface area contributed by atoms with Crippen LogP contribution in [0.1, 0.15) is 5.56 Å². The third kappa shape index (κ3) is 5.16. The maximum atomic E-state index is 13.3. The van der Waals surface area contributed by atoms with Gasteiger partial charge in [-0.2, -0.15) is 0 Å². The van der Waals surface area contributed by atoms with Gasteiger partial charge in [0.2, 0.25) is 11.7 Å². The summed E-state index contributed by atoms with van der Waals surface area (Å²) in [6.07, 6.45) is 0.00712. The fraction of sp³-hybridized carbons (Fsp3) is 0.286. The molecule has 3 rings (SSSR count). The fourth-order valence-corrected chi connectivity index (χ4v) is 3.11. The molecule has 1 aliphatic heterocycles. The van der Waals surface area contributed by atoms with E-state index in [9.17, 15) is 18.8 Å². The van der Waals surface area contributed by atoms with E-state index >= 15 is 0 Å². The van der Waals surface area contributed by atoms with Crippen LogP contribution in [0.25, 0.3) is 0 Å². The van der Waals surface area contributed by atoms with E-state index in [1.54, 1.807) is 35.2 Å². The minimum Gasteiger partial charge on any atom is -0.368 e. The topological polar surface area (TPSA) is 69.7 Å². The predicted molar refractivity (Wildman–Crippen MR) is 103 cm³/mol. The molecule has 0 aromatic heterocycles. The molecule has 0 bridgehead atoms. The Morgan fingerprint density at radius 1 is 0.929 bits per heavy atom. The van der Waals surface area contributed by atoms with Crippen molar-refractivity contribution in [2.24, 2.45) is 0 Å². The van der Waals surface area contributed by atoms with Gasteiger partial charge in [-0.15, -0.1) is 0 Å². The second-order valence-electron chi connectivity index (χ2n) is 6.62. The summed E-state index contributed by atoms with van der Waals surface area (Å²) >= 11 is 0. The number of nitrogens with zero attached hydrogens (tertiary/aromatic N) is 2. The lowest BCUT2D eigenvalue weighted by Crippen LogP contribution is -2.51. The van der Waals surface area contributed by atoms with E-state index < -0.39 is 11.7 Å². The number of rotatable bonds is 6. The van der Waals surface area contributed by atoms with Crippen LogP contribution >= 0.6 is 0 Å². The average molecular weight is 383 g/mol. The Morgan fingerprint density at radius 2 is 1.64 bits per heavy atom. The molecule has 0 atom stereocenters. The first kappa shape index (κ1) is 19.5. The Morgan fingerprint density at radius 3 is 2.32 bits per heavy atom. The predicted octanol–water partition coefficient (Wildman–Crippen LogP) is 1.40. The number of carbonyl (C=O) groups is 3. The number of ketones is 1. The summed E-state index contributed by atoms with van der Waals surface area (Å²) in [7, 11) is 0. The van der Waals surface area contributed by atoms with E-state index in [0.717, 1.165) is 11.3 Å². The zero-order valence-electron chi connectivity index (χ0n) is 15.4. The van der Waals surface area contributed by atoms with Gasteiger partial charge in [0.05, 0.1) is 6.54 Å². The summed E-state index contributed by atoms with van der Waals surface area (Å²) < 4.78 is 13.3. The molecule has 28 heavy (non-hydrogen) atoms. The molecule has 6 nitrogen and oxygen atoms in total. The molecule has 146 valence electrons. The summed E-state index contributed by atoms with van der Waals surface area (Å²) in [5.41, 5.74) is 1.54. The molecule has 0 radical (unpaired) electrons. The molecule has 7 heteroatoms. The van der Waals surface area contributed by atoms with Crippen molar-refractivity contribution in [2.45, 2.75) is 6.42 Å². The maximum absolute atomic E-state index is 13.3. The van der Waals surface area contributed by atoms with Crippen molar-refractivity contribution in [2.75, 3.05) is 37.6 Å². The Hall–Kier alpha value is -3.22. The molecule has 1 aliphatic rings. The molecule has 2 aromatic rings. The first-order valence-electron chi connectivity index (χ1n) is 9.16. The first-order chi connectivity index (χ1) is 13.5. The normalized spacial score (nSPS) is 13.9. The van der Waals surface area contributed by atoms with Crippen LogP contribution in [0.15, 0.2) is 54.6 Å². The van der Waals surface area contributed by atoms with Crippen LogP contribution in [0.3, 0.4) is 0 Å². The van der Waals surface area contributed by atoms with Crippen molar-refractivity contribution in [3.05, 3.63) is 66.0 Å². The smallest absolute Gasteiger partial charge is 0.288 e. The average Bonchev–Trinajstić information content (AvgIpc) is 2.72. The molecule has 0 spiro atoms. The number of amides is 2. The third-order valence-corrected chi connectivity index (χ3v) is 4.67. The Labute approximate surface area is 162 Å². The van der Waals surface area contributed by atoms with E-state index in [0.29, 0.717) is 26.2 Å². The van der Waals surface area contributed by atoms with E-state index in [1.807, 2.05) is 17.0 Å². The SMILES string of the molecule is O=C(Cc1ccccc1)C(=O)NCC(=O)N1CCN(c2cccc(F)c2)CC1. The lowest BCUT2D eigenvalue weighted by Gasteiger charge is -2.36. The number of nitrogens with one attached hydrogen (secondary N) is 1. The molecule has 1 N–H and O–H groups in total. The van der Waals surface area contributed by atoms with E-state index in [-0.39, 0.29) is 24.7 Å². The second kappa shape index (κ2) is 9.12. The Balaban J connectivity index is 1.43. The summed E-state index contributed by atoms with van der Waals surface area (Å²) in [5.74, 6) is -1.86. The molecule has 0 aliphatic carbocycles. The first-order valence-corrected chi connectivity index (χ1v) is 9.16. The van der Waals surface area contributed by atoms with Gasteiger partial charge in [-0.3, -0.25) is 14.4 Å². The number of anilines is 1. The van der Waals surface area contributed by atoms with Crippen molar-refractivity contribution in [1.82, 2.24) is 10.2 Å². The number of benzene rings is 2. The molecule has 1 fully saturated rings. The van der Waals surface area contributed by atoms with E-state index in [1.165, 1.54) is 12.1 Å². The van der Waals surface area contributed by atoms with Gasteiger partial charge in [0.15, 0.2) is 0 Å².